The summed E-state index contributed by atoms with van der Waals surface area (Å²) in [6.45, 7) is 2.19. The lowest BCUT2D eigenvalue weighted by Crippen LogP contribution is -2.59. The number of aliphatic hydroxyl groups excluding tert-OH is 4. The van der Waals surface area contributed by atoms with Gasteiger partial charge in [-0.15, -0.1) is 0 Å². The molecule has 0 saturated carbocycles. The van der Waals surface area contributed by atoms with Crippen LogP contribution in [-0.4, -0.2) is 64.3 Å². The summed E-state index contributed by atoms with van der Waals surface area (Å²) in [4.78, 5) is 0. The van der Waals surface area contributed by atoms with E-state index in [4.69, 9.17) is 14.6 Å². The number of hydrogen-bond donors (Lipinski definition) is 4. The highest BCUT2D eigenvalue weighted by molar-refractivity contribution is 4.88. The maximum absolute atomic E-state index is 9.78. The minimum atomic E-state index is -1.37. The van der Waals surface area contributed by atoms with E-state index in [1.807, 2.05) is 0 Å². The molecule has 6 nitrogen and oxygen atoms in total. The quantitative estimate of drug-likeness (QED) is 0.440. The van der Waals surface area contributed by atoms with Crippen LogP contribution in [0.2, 0.25) is 0 Å². The third-order valence-electron chi connectivity index (χ3n) is 3.88. The van der Waals surface area contributed by atoms with E-state index in [1.54, 1.807) is 0 Å². The molecule has 1 fully saturated rings. The molecule has 0 amide bonds. The summed E-state index contributed by atoms with van der Waals surface area (Å²) in [6, 6.07) is 0. The smallest absolute Gasteiger partial charge is 0.186 e. The van der Waals surface area contributed by atoms with Gasteiger partial charge < -0.3 is 29.9 Å². The molecule has 21 heavy (non-hydrogen) atoms. The molecule has 1 aliphatic rings. The average molecular weight is 306 g/mol. The van der Waals surface area contributed by atoms with Crippen molar-refractivity contribution in [1.29, 1.82) is 0 Å². The SMILES string of the molecule is CCCCCCCCCO[C@@H]1O[C@@H](CO)[C@@H](O)[C@H](O)[C@@H]1O. The van der Waals surface area contributed by atoms with Gasteiger partial charge in [-0.25, -0.2) is 0 Å². The molecule has 0 aromatic rings. The van der Waals surface area contributed by atoms with Gasteiger partial charge in [0.2, 0.25) is 0 Å². The van der Waals surface area contributed by atoms with E-state index >= 15 is 0 Å². The Morgan fingerprint density at radius 1 is 0.857 bits per heavy atom. The van der Waals surface area contributed by atoms with Crippen molar-refractivity contribution < 1.29 is 29.9 Å². The van der Waals surface area contributed by atoms with Crippen molar-refractivity contribution in [3.8, 4) is 0 Å². The highest BCUT2D eigenvalue weighted by atomic mass is 16.7. The Bertz CT molecular complexity index is 261. The number of ether oxygens (including phenoxy) is 2. The fourth-order valence-electron chi connectivity index (χ4n) is 2.46. The van der Waals surface area contributed by atoms with E-state index in [1.165, 1.54) is 25.7 Å². The Morgan fingerprint density at radius 3 is 2.10 bits per heavy atom. The largest absolute Gasteiger partial charge is 0.394 e. The molecule has 1 saturated heterocycles. The van der Waals surface area contributed by atoms with Gasteiger partial charge in [-0.1, -0.05) is 45.4 Å². The molecular formula is C15H30O6. The van der Waals surface area contributed by atoms with E-state index in [-0.39, 0.29) is 0 Å². The van der Waals surface area contributed by atoms with Crippen molar-refractivity contribution in [3.63, 3.8) is 0 Å². The van der Waals surface area contributed by atoms with Crippen LogP contribution in [0.3, 0.4) is 0 Å². The maximum Gasteiger partial charge on any atom is 0.186 e. The summed E-state index contributed by atoms with van der Waals surface area (Å²) >= 11 is 0. The standard InChI is InChI=1S/C15H30O6/c1-2-3-4-5-6-7-8-9-20-15-14(19)13(18)12(17)11(10-16)21-15/h11-19H,2-10H2,1H3/t11-,12+,13-,14-,15+/m0/s1. The first kappa shape index (κ1) is 18.8. The van der Waals surface area contributed by atoms with E-state index in [9.17, 15) is 15.3 Å². The lowest BCUT2D eigenvalue weighted by Gasteiger charge is -2.39. The van der Waals surface area contributed by atoms with E-state index in [0.29, 0.717) is 6.61 Å². The molecule has 0 radical (unpaired) electrons. The van der Waals surface area contributed by atoms with Crippen molar-refractivity contribution in [2.45, 2.75) is 82.6 Å². The average Bonchev–Trinajstić information content (AvgIpc) is 2.49. The lowest BCUT2D eigenvalue weighted by atomic mass is 9.99. The molecule has 4 N–H and O–H groups in total. The molecule has 6 heteroatoms. The van der Waals surface area contributed by atoms with Crippen LogP contribution in [0, 0.1) is 0 Å². The summed E-state index contributed by atoms with van der Waals surface area (Å²) in [6.07, 6.45) is 2.20. The van der Waals surface area contributed by atoms with Crippen LogP contribution in [0.4, 0.5) is 0 Å². The van der Waals surface area contributed by atoms with Crippen LogP contribution < -0.4 is 0 Å². The van der Waals surface area contributed by atoms with Gasteiger partial charge in [-0.2, -0.15) is 0 Å². The van der Waals surface area contributed by atoms with Crippen LogP contribution in [0.1, 0.15) is 51.9 Å². The number of unbranched alkanes of at least 4 members (excludes halogenated alkanes) is 6. The number of rotatable bonds is 10. The Balaban J connectivity index is 2.16. The van der Waals surface area contributed by atoms with Gasteiger partial charge in [0.15, 0.2) is 6.29 Å². The number of hydrogen-bond acceptors (Lipinski definition) is 6. The van der Waals surface area contributed by atoms with Crippen molar-refractivity contribution in [1.82, 2.24) is 0 Å². The molecule has 1 rings (SSSR count). The monoisotopic (exact) mass is 306 g/mol. The summed E-state index contributed by atoms with van der Waals surface area (Å²) in [5, 5.41) is 38.1. The molecule has 0 spiro atoms. The molecule has 0 bridgehead atoms. The van der Waals surface area contributed by atoms with Gasteiger partial charge in [0, 0.05) is 6.61 Å². The van der Waals surface area contributed by atoms with Crippen molar-refractivity contribution in [2.75, 3.05) is 13.2 Å². The molecular weight excluding hydrogens is 276 g/mol. The first-order valence-corrected chi connectivity index (χ1v) is 8.04. The molecule has 5 atom stereocenters. The Morgan fingerprint density at radius 2 is 1.48 bits per heavy atom. The van der Waals surface area contributed by atoms with Crippen LogP contribution in [0.15, 0.2) is 0 Å². The normalized spacial score (nSPS) is 33.3. The third kappa shape index (κ3) is 6.18. The zero-order valence-electron chi connectivity index (χ0n) is 12.9. The first-order chi connectivity index (χ1) is 10.1. The van der Waals surface area contributed by atoms with Gasteiger partial charge in [-0.05, 0) is 6.42 Å². The van der Waals surface area contributed by atoms with Gasteiger partial charge in [0.05, 0.1) is 6.61 Å². The second-order valence-corrected chi connectivity index (χ2v) is 5.69. The van der Waals surface area contributed by atoms with E-state index < -0.39 is 37.3 Å². The highest BCUT2D eigenvalue weighted by Crippen LogP contribution is 2.22. The second-order valence-electron chi connectivity index (χ2n) is 5.69. The van der Waals surface area contributed by atoms with Gasteiger partial charge >= 0.3 is 0 Å². The summed E-state index contributed by atoms with van der Waals surface area (Å²) < 4.78 is 10.7. The molecule has 0 aromatic carbocycles. The van der Waals surface area contributed by atoms with Crippen molar-refractivity contribution in [2.24, 2.45) is 0 Å². The Hall–Kier alpha value is -0.240. The van der Waals surface area contributed by atoms with E-state index in [2.05, 4.69) is 6.92 Å². The molecule has 0 aromatic heterocycles. The lowest BCUT2D eigenvalue weighted by molar-refractivity contribution is -0.301. The van der Waals surface area contributed by atoms with Crippen molar-refractivity contribution in [3.05, 3.63) is 0 Å². The fraction of sp³-hybridized carbons (Fsp3) is 1.00. The summed E-state index contributed by atoms with van der Waals surface area (Å²) in [7, 11) is 0. The number of aliphatic hydroxyl groups is 4. The van der Waals surface area contributed by atoms with Crippen LogP contribution in [0.25, 0.3) is 0 Å². The molecule has 1 aliphatic heterocycles. The van der Waals surface area contributed by atoms with Gasteiger partial charge in [-0.3, -0.25) is 0 Å². The molecule has 126 valence electrons. The van der Waals surface area contributed by atoms with E-state index in [0.717, 1.165) is 19.3 Å². The minimum Gasteiger partial charge on any atom is -0.394 e. The van der Waals surface area contributed by atoms with Gasteiger partial charge in [0.25, 0.3) is 0 Å². The van der Waals surface area contributed by atoms with Gasteiger partial charge in [0.1, 0.15) is 24.4 Å². The zero-order valence-corrected chi connectivity index (χ0v) is 12.9. The molecule has 1 heterocycles. The Labute approximate surface area is 126 Å². The van der Waals surface area contributed by atoms with Crippen LogP contribution in [0.5, 0.6) is 0 Å². The zero-order chi connectivity index (χ0) is 15.7. The molecule has 0 unspecified atom stereocenters. The van der Waals surface area contributed by atoms with Crippen LogP contribution >= 0.6 is 0 Å². The topological polar surface area (TPSA) is 99.4 Å². The molecule has 0 aliphatic carbocycles. The second kappa shape index (κ2) is 10.5. The van der Waals surface area contributed by atoms with Crippen LogP contribution in [-0.2, 0) is 9.47 Å². The summed E-state index contributed by atoms with van der Waals surface area (Å²) in [5.74, 6) is 0. The van der Waals surface area contributed by atoms with Crippen molar-refractivity contribution >= 4 is 0 Å². The minimum absolute atomic E-state index is 0.427. The third-order valence-corrected chi connectivity index (χ3v) is 3.88. The highest BCUT2D eigenvalue weighted by Gasteiger charge is 2.43. The summed E-state index contributed by atoms with van der Waals surface area (Å²) in [5.41, 5.74) is 0. The fourth-order valence-corrected chi connectivity index (χ4v) is 2.46. The maximum atomic E-state index is 9.78. The predicted octanol–water partition coefficient (Wildman–Crippen LogP) is 0.553. The predicted molar refractivity (Wildman–Crippen MR) is 77.7 cm³/mol. The Kier molecular flexibility index (Phi) is 9.39. The first-order valence-electron chi connectivity index (χ1n) is 8.04.